The smallest absolute Gasteiger partial charge is 0.813 e. The fourth-order valence-corrected chi connectivity index (χ4v) is 1.68. The van der Waals surface area contributed by atoms with Crippen molar-refractivity contribution in [3.05, 3.63) is 36.4 Å². The largest absolute Gasteiger partial charge is 1.00 e. The minimum absolute atomic E-state index is 0. The molecule has 1 aromatic heterocycles. The number of aromatic nitrogens is 2. The molecule has 7 heteroatoms. The van der Waals surface area contributed by atoms with E-state index in [-0.39, 0.29) is 78.4 Å². The van der Waals surface area contributed by atoms with Crippen molar-refractivity contribution in [3.63, 3.8) is 0 Å². The van der Waals surface area contributed by atoms with Crippen LogP contribution in [0.4, 0.5) is 5.69 Å². The number of thiol groups is 1. The summed E-state index contributed by atoms with van der Waals surface area (Å²) in [5.74, 6) is 0.185. The van der Waals surface area contributed by atoms with Gasteiger partial charge in [-0.2, -0.15) is 0 Å². The van der Waals surface area contributed by atoms with Gasteiger partial charge in [0.2, 0.25) is 0 Å². The number of phenols is 1. The Bertz CT molecular complexity index is 652. The Balaban J connectivity index is 0.00000108. The van der Waals surface area contributed by atoms with E-state index in [0.29, 0.717) is 11.2 Å². The maximum absolute atomic E-state index is 9.36. The minimum atomic E-state index is 0. The molecule has 0 aliphatic carbocycles. The van der Waals surface area contributed by atoms with Crippen molar-refractivity contribution < 1.29 is 64.2 Å². The van der Waals surface area contributed by atoms with Gasteiger partial charge in [0.25, 0.3) is 0 Å². The van der Waals surface area contributed by atoms with Crippen molar-refractivity contribution in [2.24, 2.45) is 0 Å². The second-order valence-electron chi connectivity index (χ2n) is 3.64. The van der Waals surface area contributed by atoms with Gasteiger partial charge in [0.1, 0.15) is 5.75 Å². The molecule has 86 valence electrons. The van der Waals surface area contributed by atoms with E-state index in [1.54, 1.807) is 30.3 Å². The van der Waals surface area contributed by atoms with Gasteiger partial charge in [0.15, 0.2) is 0 Å². The predicted octanol–water partition coefficient (Wildman–Crippen LogP) is -4.19. The Morgan fingerprint density at radius 1 is 0.789 bits per heavy atom. The van der Waals surface area contributed by atoms with Crippen LogP contribution in [-0.2, 0) is 13.5 Å². The van der Waals surface area contributed by atoms with Crippen LogP contribution in [0.15, 0.2) is 36.4 Å². The molecule has 0 unspecified atom stereocenters. The number of hydrogen-bond acceptors (Lipinski definition) is 5. The second kappa shape index (κ2) is 7.69. The molecule has 0 fully saturated rings. The summed E-state index contributed by atoms with van der Waals surface area (Å²) in [6, 6.07) is 10.3. The molecule has 0 saturated heterocycles. The summed E-state index contributed by atoms with van der Waals surface area (Å²) in [5.41, 5.74) is 9.29. The number of phenolic OH excluding ortho intramolecular Hbond substituents is 1. The van der Waals surface area contributed by atoms with Gasteiger partial charge >= 0.3 is 59.1 Å². The molecule has 0 aliphatic heterocycles. The first-order valence-corrected chi connectivity index (χ1v) is 4.88. The second-order valence-corrected chi connectivity index (χ2v) is 3.64. The number of rotatable bonds is 0. The molecule has 3 rings (SSSR count). The van der Waals surface area contributed by atoms with E-state index >= 15 is 0 Å². The van der Waals surface area contributed by atoms with Gasteiger partial charge in [0.05, 0.1) is 22.1 Å². The summed E-state index contributed by atoms with van der Waals surface area (Å²) >= 11 is 0. The van der Waals surface area contributed by atoms with E-state index < -0.39 is 0 Å². The average Bonchev–Trinajstić information content (AvgIpc) is 2.26. The fraction of sp³-hybridized carbons (Fsp3) is 0. The Labute approximate surface area is 161 Å². The molecule has 4 nitrogen and oxygen atoms in total. The third-order valence-corrected chi connectivity index (χ3v) is 2.44. The molecular formula is C12H10N3Na2OS+. The molecule has 0 bridgehead atoms. The van der Waals surface area contributed by atoms with Crippen LogP contribution in [0.2, 0.25) is 0 Å². The van der Waals surface area contributed by atoms with E-state index in [0.717, 1.165) is 16.6 Å². The molecule has 0 aliphatic rings. The number of benzene rings is 2. The van der Waals surface area contributed by atoms with Gasteiger partial charge in [-0.25, -0.2) is 9.97 Å². The van der Waals surface area contributed by atoms with E-state index in [1.165, 1.54) is 0 Å². The van der Waals surface area contributed by atoms with Crippen LogP contribution in [0.1, 0.15) is 0 Å². The first kappa shape index (κ1) is 19.0. The first-order chi connectivity index (χ1) is 7.72. The predicted molar refractivity (Wildman–Crippen MR) is 71.9 cm³/mol. The zero-order valence-corrected chi connectivity index (χ0v) is 15.7. The monoisotopic (exact) mass is 290 g/mol. The van der Waals surface area contributed by atoms with E-state index in [9.17, 15) is 5.11 Å². The Hall–Kier alpha value is -0.01000. The maximum atomic E-state index is 9.36. The van der Waals surface area contributed by atoms with Gasteiger partial charge < -0.3 is 24.3 Å². The minimum Gasteiger partial charge on any atom is -0.813 e. The number of nitrogens with two attached hydrogens (primary N) is 1. The quantitative estimate of drug-likeness (QED) is 0.144. The summed E-state index contributed by atoms with van der Waals surface area (Å²) < 4.78 is 0. The van der Waals surface area contributed by atoms with Crippen LogP contribution in [0.25, 0.3) is 22.1 Å². The van der Waals surface area contributed by atoms with Crippen molar-refractivity contribution in [1.29, 1.82) is 0 Å². The Kier molecular flexibility index (Phi) is 7.68. The summed E-state index contributed by atoms with van der Waals surface area (Å²) in [7, 11) is 0. The Morgan fingerprint density at radius 2 is 1.32 bits per heavy atom. The number of aromatic hydroxyl groups is 1. The molecular weight excluding hydrogens is 280 g/mol. The van der Waals surface area contributed by atoms with Gasteiger partial charge in [-0.3, -0.25) is 0 Å². The SMILES string of the molecule is Nc1ccc2nc3ccc(O)cc3nc2c1.[Na+].[Na+].[SH-]. The molecule has 3 N–H and O–H groups in total. The van der Waals surface area contributed by atoms with Crippen LogP contribution in [0, 0.1) is 0 Å². The zero-order chi connectivity index (χ0) is 11.1. The molecule has 3 aromatic rings. The number of anilines is 1. The number of nitrogens with zero attached hydrogens (tertiary/aromatic N) is 2. The third kappa shape index (κ3) is 3.98. The molecule has 0 spiro atoms. The summed E-state index contributed by atoms with van der Waals surface area (Å²) in [6.07, 6.45) is 0. The van der Waals surface area contributed by atoms with Crippen LogP contribution >= 0.6 is 0 Å². The van der Waals surface area contributed by atoms with Crippen LogP contribution < -0.4 is 64.8 Å². The number of hydrogen-bond donors (Lipinski definition) is 2. The molecule has 19 heavy (non-hydrogen) atoms. The van der Waals surface area contributed by atoms with Crippen molar-refractivity contribution in [1.82, 2.24) is 9.97 Å². The van der Waals surface area contributed by atoms with Crippen LogP contribution in [0.5, 0.6) is 5.75 Å². The van der Waals surface area contributed by atoms with Crippen molar-refractivity contribution in [2.45, 2.75) is 0 Å². The summed E-state index contributed by atoms with van der Waals surface area (Å²) in [4.78, 5) is 8.83. The Morgan fingerprint density at radius 3 is 2.00 bits per heavy atom. The van der Waals surface area contributed by atoms with Crippen molar-refractivity contribution in [2.75, 3.05) is 5.73 Å². The molecule has 1 heterocycles. The molecule has 2 aromatic carbocycles. The standard InChI is InChI=1S/C12H9N3O.2Na.H2S/c13-7-1-3-9-11(5-7)15-12-6-8(16)2-4-10(12)14-9;;;/h1-6,16H,13H2;;;1H2/q;2*+1;/p-1. The van der Waals surface area contributed by atoms with Gasteiger partial charge in [0, 0.05) is 11.8 Å². The van der Waals surface area contributed by atoms with Gasteiger partial charge in [-0.1, -0.05) is 0 Å². The third-order valence-electron chi connectivity index (χ3n) is 2.44. The molecule has 0 amide bonds. The normalized spacial score (nSPS) is 9.26. The molecule has 0 atom stereocenters. The van der Waals surface area contributed by atoms with Crippen LogP contribution in [-0.4, -0.2) is 15.1 Å². The zero-order valence-electron chi connectivity index (χ0n) is 10.8. The average molecular weight is 290 g/mol. The van der Waals surface area contributed by atoms with Gasteiger partial charge in [-0.05, 0) is 30.3 Å². The van der Waals surface area contributed by atoms with Crippen LogP contribution in [0.3, 0.4) is 0 Å². The number of nitrogen functional groups attached to an aromatic ring is 1. The van der Waals surface area contributed by atoms with E-state index in [2.05, 4.69) is 9.97 Å². The first-order valence-electron chi connectivity index (χ1n) is 4.88. The topological polar surface area (TPSA) is 72.0 Å². The van der Waals surface area contributed by atoms with Crippen molar-refractivity contribution >= 4 is 41.2 Å². The summed E-state index contributed by atoms with van der Waals surface area (Å²) in [5, 5.41) is 9.36. The van der Waals surface area contributed by atoms with E-state index in [1.807, 2.05) is 6.07 Å². The maximum Gasteiger partial charge on any atom is 1.00 e. The summed E-state index contributed by atoms with van der Waals surface area (Å²) in [6.45, 7) is 0. The fourth-order valence-electron chi connectivity index (χ4n) is 1.68. The van der Waals surface area contributed by atoms with E-state index in [4.69, 9.17) is 5.73 Å². The molecule has 0 radical (unpaired) electrons. The van der Waals surface area contributed by atoms with Crippen molar-refractivity contribution in [3.8, 4) is 5.75 Å². The number of fused-ring (bicyclic) bond motifs is 2. The van der Waals surface area contributed by atoms with Gasteiger partial charge in [-0.15, -0.1) is 0 Å². The molecule has 0 saturated carbocycles.